The van der Waals surface area contributed by atoms with Crippen molar-refractivity contribution < 1.29 is 9.84 Å². The highest BCUT2D eigenvalue weighted by Gasteiger charge is 2.34. The second-order valence-electron chi connectivity index (χ2n) is 6.10. The summed E-state index contributed by atoms with van der Waals surface area (Å²) in [6.45, 7) is 8.09. The number of ether oxygens (including phenoxy) is 1. The van der Waals surface area contributed by atoms with Crippen LogP contribution >= 0.6 is 0 Å². The molecule has 1 saturated carbocycles. The van der Waals surface area contributed by atoms with E-state index >= 15 is 0 Å². The van der Waals surface area contributed by atoms with E-state index < -0.39 is 0 Å². The zero-order valence-corrected chi connectivity index (χ0v) is 11.2. The van der Waals surface area contributed by atoms with E-state index in [1.807, 2.05) is 0 Å². The van der Waals surface area contributed by atoms with Gasteiger partial charge in [0, 0.05) is 13.2 Å². The van der Waals surface area contributed by atoms with Crippen LogP contribution < -0.4 is 0 Å². The van der Waals surface area contributed by atoms with Crippen molar-refractivity contribution in [3.63, 3.8) is 0 Å². The highest BCUT2D eigenvalue weighted by molar-refractivity contribution is 4.84. The Balaban J connectivity index is 2.35. The summed E-state index contributed by atoms with van der Waals surface area (Å²) in [4.78, 5) is 0. The first kappa shape index (κ1) is 14.0. The molecule has 0 saturated heterocycles. The summed E-state index contributed by atoms with van der Waals surface area (Å²) < 4.78 is 6.01. The van der Waals surface area contributed by atoms with Crippen LogP contribution in [0.4, 0.5) is 0 Å². The van der Waals surface area contributed by atoms with Gasteiger partial charge in [-0.05, 0) is 37.0 Å². The van der Waals surface area contributed by atoms with Gasteiger partial charge in [0.2, 0.25) is 0 Å². The summed E-state index contributed by atoms with van der Waals surface area (Å²) in [5.41, 5.74) is 0.363. The Morgan fingerprint density at radius 1 is 1.12 bits per heavy atom. The molecular formula is C14H28O2. The maximum absolute atomic E-state index is 8.73. The van der Waals surface area contributed by atoms with Gasteiger partial charge in [-0.15, -0.1) is 0 Å². The van der Waals surface area contributed by atoms with Crippen molar-refractivity contribution in [3.05, 3.63) is 0 Å². The summed E-state index contributed by atoms with van der Waals surface area (Å²) in [6.07, 6.45) is 7.52. The number of hydrogen-bond acceptors (Lipinski definition) is 2. The van der Waals surface area contributed by atoms with Crippen LogP contribution in [-0.4, -0.2) is 24.4 Å². The molecule has 0 aromatic carbocycles. The molecule has 1 aliphatic rings. The lowest BCUT2D eigenvalue weighted by molar-refractivity contribution is -0.0491. The molecule has 1 fully saturated rings. The van der Waals surface area contributed by atoms with E-state index in [9.17, 15) is 0 Å². The molecule has 0 aromatic rings. The van der Waals surface area contributed by atoms with Crippen molar-refractivity contribution in [2.24, 2.45) is 11.3 Å². The van der Waals surface area contributed by atoms with Crippen LogP contribution in [0.25, 0.3) is 0 Å². The molecule has 1 aliphatic carbocycles. The number of rotatable bonds is 5. The fraction of sp³-hybridized carbons (Fsp3) is 1.00. The van der Waals surface area contributed by atoms with Gasteiger partial charge in [-0.3, -0.25) is 0 Å². The lowest BCUT2D eigenvalue weighted by atomic mass is 9.71. The van der Waals surface area contributed by atoms with Gasteiger partial charge in [-0.25, -0.2) is 0 Å². The van der Waals surface area contributed by atoms with Gasteiger partial charge < -0.3 is 9.84 Å². The Bertz CT molecular complexity index is 184. The molecule has 2 unspecified atom stereocenters. The lowest BCUT2D eigenvalue weighted by Crippen LogP contribution is -2.36. The van der Waals surface area contributed by atoms with E-state index in [2.05, 4.69) is 20.8 Å². The maximum atomic E-state index is 8.73. The van der Waals surface area contributed by atoms with Gasteiger partial charge in [0.1, 0.15) is 0 Å². The molecular weight excluding hydrogens is 200 g/mol. The molecule has 0 aromatic heterocycles. The molecule has 2 heteroatoms. The minimum Gasteiger partial charge on any atom is -0.396 e. The smallest absolute Gasteiger partial charge is 0.0608 e. The fourth-order valence-corrected chi connectivity index (χ4v) is 2.74. The Hall–Kier alpha value is -0.0800. The van der Waals surface area contributed by atoms with Crippen molar-refractivity contribution in [3.8, 4) is 0 Å². The first-order valence-electron chi connectivity index (χ1n) is 6.78. The highest BCUT2D eigenvalue weighted by atomic mass is 16.5. The first-order valence-corrected chi connectivity index (χ1v) is 6.78. The standard InChI is InChI=1S/C14H28O2/c1-14(2,3)12-8-4-5-9-13(12)16-11-7-6-10-15/h12-13,15H,4-11H2,1-3H3. The molecule has 16 heavy (non-hydrogen) atoms. The Morgan fingerprint density at radius 2 is 1.81 bits per heavy atom. The van der Waals surface area contributed by atoms with Crippen molar-refractivity contribution in [2.45, 2.75) is 65.4 Å². The monoisotopic (exact) mass is 228 g/mol. The first-order chi connectivity index (χ1) is 7.55. The third-order valence-corrected chi connectivity index (χ3v) is 3.70. The lowest BCUT2D eigenvalue weighted by Gasteiger charge is -2.40. The molecule has 1 N–H and O–H groups in total. The van der Waals surface area contributed by atoms with Crippen LogP contribution in [0.3, 0.4) is 0 Å². The van der Waals surface area contributed by atoms with E-state index in [1.54, 1.807) is 0 Å². The van der Waals surface area contributed by atoms with Crippen molar-refractivity contribution in [1.29, 1.82) is 0 Å². The summed E-state index contributed by atoms with van der Waals surface area (Å²) in [5, 5.41) is 8.73. The molecule has 2 nitrogen and oxygen atoms in total. The zero-order valence-electron chi connectivity index (χ0n) is 11.2. The topological polar surface area (TPSA) is 29.5 Å². The van der Waals surface area contributed by atoms with Gasteiger partial charge in [-0.1, -0.05) is 33.6 Å². The Morgan fingerprint density at radius 3 is 2.44 bits per heavy atom. The molecule has 0 amide bonds. The SMILES string of the molecule is CC(C)(C)C1CCCCC1OCCCCO. The average molecular weight is 228 g/mol. The number of unbranched alkanes of at least 4 members (excludes halogenated alkanes) is 1. The Labute approximate surface area is 100 Å². The molecule has 0 heterocycles. The maximum Gasteiger partial charge on any atom is 0.0608 e. The molecule has 0 spiro atoms. The molecule has 2 atom stereocenters. The third-order valence-electron chi connectivity index (χ3n) is 3.70. The molecule has 0 aliphatic heterocycles. The molecule has 0 bridgehead atoms. The summed E-state index contributed by atoms with van der Waals surface area (Å²) in [5.74, 6) is 0.704. The van der Waals surface area contributed by atoms with Crippen LogP contribution in [0, 0.1) is 11.3 Å². The van der Waals surface area contributed by atoms with Crippen LogP contribution in [-0.2, 0) is 4.74 Å². The van der Waals surface area contributed by atoms with Crippen LogP contribution in [0.1, 0.15) is 59.3 Å². The van der Waals surface area contributed by atoms with Gasteiger partial charge in [0.15, 0.2) is 0 Å². The zero-order chi connectivity index (χ0) is 12.0. The average Bonchev–Trinajstić information content (AvgIpc) is 2.24. The van der Waals surface area contributed by atoms with Gasteiger partial charge in [-0.2, -0.15) is 0 Å². The summed E-state index contributed by atoms with van der Waals surface area (Å²) >= 11 is 0. The van der Waals surface area contributed by atoms with Gasteiger partial charge in [0.25, 0.3) is 0 Å². The third kappa shape index (κ3) is 4.42. The number of hydrogen-bond donors (Lipinski definition) is 1. The molecule has 0 radical (unpaired) electrons. The minimum atomic E-state index is 0.288. The predicted octanol–water partition coefficient (Wildman–Crippen LogP) is 3.38. The highest BCUT2D eigenvalue weighted by Crippen LogP contribution is 2.39. The van der Waals surface area contributed by atoms with E-state index in [-0.39, 0.29) is 6.61 Å². The van der Waals surface area contributed by atoms with Crippen LogP contribution in [0.15, 0.2) is 0 Å². The minimum absolute atomic E-state index is 0.288. The van der Waals surface area contributed by atoms with E-state index in [4.69, 9.17) is 9.84 Å². The van der Waals surface area contributed by atoms with Gasteiger partial charge >= 0.3 is 0 Å². The molecule has 1 rings (SSSR count). The van der Waals surface area contributed by atoms with Crippen molar-refractivity contribution in [2.75, 3.05) is 13.2 Å². The van der Waals surface area contributed by atoms with Crippen molar-refractivity contribution in [1.82, 2.24) is 0 Å². The van der Waals surface area contributed by atoms with E-state index in [1.165, 1.54) is 25.7 Å². The second kappa shape index (κ2) is 6.61. The normalized spacial score (nSPS) is 27.0. The molecule has 96 valence electrons. The van der Waals surface area contributed by atoms with Crippen molar-refractivity contribution >= 4 is 0 Å². The van der Waals surface area contributed by atoms with Crippen LogP contribution in [0.2, 0.25) is 0 Å². The quantitative estimate of drug-likeness (QED) is 0.731. The van der Waals surface area contributed by atoms with E-state index in [0.717, 1.165) is 19.4 Å². The summed E-state index contributed by atoms with van der Waals surface area (Å²) in [6, 6.07) is 0. The summed E-state index contributed by atoms with van der Waals surface area (Å²) in [7, 11) is 0. The second-order valence-corrected chi connectivity index (χ2v) is 6.10. The Kier molecular flexibility index (Phi) is 5.77. The predicted molar refractivity (Wildman–Crippen MR) is 67.5 cm³/mol. The van der Waals surface area contributed by atoms with Gasteiger partial charge in [0.05, 0.1) is 6.10 Å². The number of aliphatic hydroxyl groups is 1. The fourth-order valence-electron chi connectivity index (χ4n) is 2.74. The largest absolute Gasteiger partial charge is 0.396 e. The van der Waals surface area contributed by atoms with E-state index in [0.29, 0.717) is 17.4 Å². The number of aliphatic hydroxyl groups excluding tert-OH is 1. The van der Waals surface area contributed by atoms with Crippen LogP contribution in [0.5, 0.6) is 0 Å².